The zero-order valence-electron chi connectivity index (χ0n) is 13.7. The first kappa shape index (κ1) is 16.7. The molecule has 6 nitrogen and oxygen atoms in total. The molecule has 126 valence electrons. The molecule has 0 unspecified atom stereocenters. The molecule has 1 heterocycles. The van der Waals surface area contributed by atoms with Crippen molar-refractivity contribution in [1.82, 2.24) is 10.2 Å². The maximum absolute atomic E-state index is 11.6. The Balaban J connectivity index is 2.11. The predicted octanol–water partition coefficient (Wildman–Crippen LogP) is 3.06. The number of hydrogen-bond acceptors (Lipinski definition) is 5. The molecule has 0 atom stereocenters. The minimum Gasteiger partial charge on any atom is -0.388 e. The second-order valence-corrected chi connectivity index (χ2v) is 7.57. The third kappa shape index (κ3) is 3.25. The van der Waals surface area contributed by atoms with Gasteiger partial charge in [0.15, 0.2) is 15.5 Å². The van der Waals surface area contributed by atoms with Crippen molar-refractivity contribution in [3.8, 4) is 28.5 Å². The molecule has 0 saturated carbocycles. The number of hydrogen-bond donors (Lipinski definition) is 2. The molecule has 0 amide bonds. The number of anilines is 1. The van der Waals surface area contributed by atoms with Gasteiger partial charge in [0.1, 0.15) is 6.07 Å². The van der Waals surface area contributed by atoms with Crippen molar-refractivity contribution in [1.29, 1.82) is 5.26 Å². The maximum Gasteiger partial charge on any atom is 0.175 e. The lowest BCUT2D eigenvalue weighted by molar-refractivity contribution is 0.602. The quantitative estimate of drug-likeness (QED) is 0.752. The highest BCUT2D eigenvalue weighted by Crippen LogP contribution is 2.34. The number of sulfone groups is 1. The van der Waals surface area contributed by atoms with Gasteiger partial charge < -0.3 is 5.32 Å². The van der Waals surface area contributed by atoms with E-state index in [0.717, 1.165) is 16.8 Å². The first-order chi connectivity index (χ1) is 11.9. The molecule has 0 aliphatic rings. The van der Waals surface area contributed by atoms with Gasteiger partial charge in [-0.25, -0.2) is 8.42 Å². The second kappa shape index (κ2) is 6.42. The standard InChI is InChI=1S/C18H16N4O2S/c1-20-14-7-3-12(4-8-14)17-16(11-19)21-22-18(17)13-5-9-15(10-6-13)25(2,23)24/h3-10,20H,1-2H3,(H,21,22). The summed E-state index contributed by atoms with van der Waals surface area (Å²) in [6, 6.07) is 16.2. The van der Waals surface area contributed by atoms with E-state index in [-0.39, 0.29) is 4.90 Å². The molecule has 0 radical (unpaired) electrons. The molecule has 1 aromatic heterocycles. The van der Waals surface area contributed by atoms with Crippen LogP contribution < -0.4 is 5.32 Å². The summed E-state index contributed by atoms with van der Waals surface area (Å²) in [5, 5.41) is 19.4. The van der Waals surface area contributed by atoms with Crippen LogP contribution in [-0.2, 0) is 9.84 Å². The molecule has 0 aliphatic heterocycles. The monoisotopic (exact) mass is 352 g/mol. The Morgan fingerprint density at radius 3 is 2.16 bits per heavy atom. The van der Waals surface area contributed by atoms with Gasteiger partial charge in [-0.15, -0.1) is 0 Å². The van der Waals surface area contributed by atoms with E-state index in [2.05, 4.69) is 21.6 Å². The molecule has 2 N–H and O–H groups in total. The lowest BCUT2D eigenvalue weighted by Crippen LogP contribution is -1.96. The van der Waals surface area contributed by atoms with Crippen molar-refractivity contribution < 1.29 is 8.42 Å². The summed E-state index contributed by atoms with van der Waals surface area (Å²) in [5.74, 6) is 0. The van der Waals surface area contributed by atoms with Gasteiger partial charge in [0.25, 0.3) is 0 Å². The molecule has 3 aromatic rings. The summed E-state index contributed by atoms with van der Waals surface area (Å²) in [5.41, 5.74) is 4.23. The SMILES string of the molecule is CNc1ccc(-c2c(C#N)n[nH]c2-c2ccc(S(C)(=O)=O)cc2)cc1. The van der Waals surface area contributed by atoms with Crippen molar-refractivity contribution in [2.24, 2.45) is 0 Å². The van der Waals surface area contributed by atoms with Crippen LogP contribution >= 0.6 is 0 Å². The highest BCUT2D eigenvalue weighted by Gasteiger charge is 2.17. The van der Waals surface area contributed by atoms with Crippen LogP contribution in [0.2, 0.25) is 0 Å². The molecule has 0 saturated heterocycles. The minimum atomic E-state index is -3.26. The van der Waals surface area contributed by atoms with E-state index in [9.17, 15) is 13.7 Å². The Hall–Kier alpha value is -3.11. The molecule has 0 fully saturated rings. The first-order valence-corrected chi connectivity index (χ1v) is 9.40. The van der Waals surface area contributed by atoms with Crippen LogP contribution in [0.25, 0.3) is 22.4 Å². The van der Waals surface area contributed by atoms with Crippen molar-refractivity contribution in [2.45, 2.75) is 4.90 Å². The number of rotatable bonds is 4. The number of H-pyrrole nitrogens is 1. The Morgan fingerprint density at radius 2 is 1.64 bits per heavy atom. The van der Waals surface area contributed by atoms with Crippen LogP contribution in [0, 0.1) is 11.3 Å². The molecule has 25 heavy (non-hydrogen) atoms. The van der Waals surface area contributed by atoms with E-state index >= 15 is 0 Å². The molecule has 3 rings (SSSR count). The summed E-state index contributed by atoms with van der Waals surface area (Å²) >= 11 is 0. The predicted molar refractivity (Wildman–Crippen MR) is 96.8 cm³/mol. The van der Waals surface area contributed by atoms with Gasteiger partial charge in [-0.3, -0.25) is 5.10 Å². The summed E-state index contributed by atoms with van der Waals surface area (Å²) in [4.78, 5) is 0.246. The molecule has 2 aromatic carbocycles. The Bertz CT molecular complexity index is 1040. The van der Waals surface area contributed by atoms with E-state index < -0.39 is 9.84 Å². The van der Waals surface area contributed by atoms with Crippen molar-refractivity contribution >= 4 is 15.5 Å². The molecule has 7 heteroatoms. The van der Waals surface area contributed by atoms with E-state index in [1.165, 1.54) is 6.26 Å². The minimum absolute atomic E-state index is 0.246. The van der Waals surface area contributed by atoms with Crippen LogP contribution in [0.15, 0.2) is 53.4 Å². The fraction of sp³-hybridized carbons (Fsp3) is 0.111. The van der Waals surface area contributed by atoms with Gasteiger partial charge in [0, 0.05) is 30.1 Å². The summed E-state index contributed by atoms with van der Waals surface area (Å²) in [6.45, 7) is 0. The van der Waals surface area contributed by atoms with Gasteiger partial charge in [-0.05, 0) is 29.8 Å². The molecular weight excluding hydrogens is 336 g/mol. The highest BCUT2D eigenvalue weighted by atomic mass is 32.2. The first-order valence-electron chi connectivity index (χ1n) is 7.51. The van der Waals surface area contributed by atoms with Crippen LogP contribution in [-0.4, -0.2) is 31.9 Å². The van der Waals surface area contributed by atoms with Crippen LogP contribution in [0.3, 0.4) is 0 Å². The second-order valence-electron chi connectivity index (χ2n) is 5.56. The van der Waals surface area contributed by atoms with E-state index in [4.69, 9.17) is 0 Å². The van der Waals surface area contributed by atoms with Gasteiger partial charge in [-0.1, -0.05) is 24.3 Å². The van der Waals surface area contributed by atoms with Crippen LogP contribution in [0.1, 0.15) is 5.69 Å². The summed E-state index contributed by atoms with van der Waals surface area (Å²) in [7, 11) is -1.42. The largest absolute Gasteiger partial charge is 0.388 e. The van der Waals surface area contributed by atoms with Gasteiger partial charge in [-0.2, -0.15) is 10.4 Å². The third-order valence-electron chi connectivity index (χ3n) is 3.91. The van der Waals surface area contributed by atoms with Gasteiger partial charge in [0.05, 0.1) is 10.6 Å². The van der Waals surface area contributed by atoms with Crippen molar-refractivity contribution in [3.63, 3.8) is 0 Å². The van der Waals surface area contributed by atoms with Crippen molar-refractivity contribution in [2.75, 3.05) is 18.6 Å². The number of aromatic amines is 1. The molecule has 0 bridgehead atoms. The number of benzene rings is 2. The molecule has 0 spiro atoms. The fourth-order valence-corrected chi connectivity index (χ4v) is 3.22. The Labute approximate surface area is 146 Å². The zero-order chi connectivity index (χ0) is 18.0. The summed E-state index contributed by atoms with van der Waals surface area (Å²) in [6.07, 6.45) is 1.17. The fourth-order valence-electron chi connectivity index (χ4n) is 2.59. The zero-order valence-corrected chi connectivity index (χ0v) is 14.6. The topological polar surface area (TPSA) is 98.6 Å². The molecule has 0 aliphatic carbocycles. The van der Waals surface area contributed by atoms with Gasteiger partial charge >= 0.3 is 0 Å². The van der Waals surface area contributed by atoms with E-state index in [1.807, 2.05) is 31.3 Å². The summed E-state index contributed by atoms with van der Waals surface area (Å²) < 4.78 is 23.2. The Morgan fingerprint density at radius 1 is 1.04 bits per heavy atom. The lowest BCUT2D eigenvalue weighted by atomic mass is 9.99. The maximum atomic E-state index is 11.6. The van der Waals surface area contributed by atoms with E-state index in [1.54, 1.807) is 24.3 Å². The third-order valence-corrected chi connectivity index (χ3v) is 5.03. The Kier molecular flexibility index (Phi) is 4.30. The smallest absolute Gasteiger partial charge is 0.175 e. The van der Waals surface area contributed by atoms with Crippen LogP contribution in [0.4, 0.5) is 5.69 Å². The highest BCUT2D eigenvalue weighted by molar-refractivity contribution is 7.90. The van der Waals surface area contributed by atoms with Crippen molar-refractivity contribution in [3.05, 3.63) is 54.2 Å². The average molecular weight is 352 g/mol. The molecular formula is C18H16N4O2S. The number of nitrogens with zero attached hydrogens (tertiary/aromatic N) is 2. The number of aromatic nitrogens is 2. The number of nitriles is 1. The van der Waals surface area contributed by atoms with Crippen LogP contribution in [0.5, 0.6) is 0 Å². The number of nitrogens with one attached hydrogen (secondary N) is 2. The lowest BCUT2D eigenvalue weighted by Gasteiger charge is -2.07. The van der Waals surface area contributed by atoms with E-state index in [0.29, 0.717) is 17.0 Å². The normalized spacial score (nSPS) is 11.1. The average Bonchev–Trinajstić information content (AvgIpc) is 3.05. The van der Waals surface area contributed by atoms with Gasteiger partial charge in [0.2, 0.25) is 0 Å².